The first kappa shape index (κ1) is 35.2. The van der Waals surface area contributed by atoms with Crippen LogP contribution in [0.5, 0.6) is 0 Å². The zero-order valence-electron chi connectivity index (χ0n) is 33.6. The molecule has 0 bridgehead atoms. The molecule has 2 atom stereocenters. The van der Waals surface area contributed by atoms with E-state index in [1.54, 1.807) is 0 Å². The molecular formula is C60H41N. The summed E-state index contributed by atoms with van der Waals surface area (Å²) in [4.78, 5) is 2.43. The van der Waals surface area contributed by atoms with Gasteiger partial charge in [-0.25, -0.2) is 0 Å². The highest BCUT2D eigenvalue weighted by molar-refractivity contribution is 5.93. The van der Waals surface area contributed by atoms with Crippen molar-refractivity contribution in [1.82, 2.24) is 0 Å². The summed E-state index contributed by atoms with van der Waals surface area (Å²) in [5.74, 6) is 0. The molecule has 0 aromatic heterocycles. The molecule has 0 N–H and O–H groups in total. The monoisotopic (exact) mass is 775 g/mol. The van der Waals surface area contributed by atoms with Crippen LogP contribution in [0.2, 0.25) is 0 Å². The zero-order valence-corrected chi connectivity index (χ0v) is 33.6. The Morgan fingerprint density at radius 3 is 1.49 bits per heavy atom. The Morgan fingerprint density at radius 2 is 0.754 bits per heavy atom. The number of rotatable bonds is 7. The first-order valence-corrected chi connectivity index (χ1v) is 21.3. The number of hydrogen-bond acceptors (Lipinski definition) is 1. The molecule has 0 fully saturated rings. The molecule has 61 heavy (non-hydrogen) atoms. The molecule has 0 amide bonds. The standard InChI is InChI=1S/C60H41N/c1-4-18-42(19-5-1)44-34-37-49(38-35-44)61(51-39-36-43-20-10-11-21-45(43)40-51)50-27-16-26-48(41-50)59(46-22-6-2-7-23-46)55-31-14-15-32-56(55)60(47-24-8-3-9-25-47)54-30-13-12-28-52(54)53-29-17-33-57(59)58(53)60/h1-41H. The van der Waals surface area contributed by atoms with E-state index in [1.165, 1.54) is 77.5 Å². The molecule has 2 aliphatic rings. The Balaban J connectivity index is 1.15. The van der Waals surface area contributed by atoms with Gasteiger partial charge >= 0.3 is 0 Å². The number of fused-ring (bicyclic) bond motifs is 6. The number of anilines is 3. The SMILES string of the molecule is c1ccc(-c2ccc(N(c3cccc(C4(c5ccccc5)c5ccccc5C5(c6ccccc6)c6ccccc6-c6cccc4c65)c3)c3ccc4ccccc4c3)cc2)cc1. The summed E-state index contributed by atoms with van der Waals surface area (Å²) in [6, 6.07) is 92.4. The minimum atomic E-state index is -0.647. The van der Waals surface area contributed by atoms with Crippen LogP contribution in [0.3, 0.4) is 0 Å². The summed E-state index contributed by atoms with van der Waals surface area (Å²) in [5, 5.41) is 2.43. The fraction of sp³-hybridized carbons (Fsp3) is 0.0333. The van der Waals surface area contributed by atoms with E-state index in [2.05, 4.69) is 254 Å². The third-order valence-electron chi connectivity index (χ3n) is 13.4. The molecule has 0 spiro atoms. The third kappa shape index (κ3) is 5.14. The van der Waals surface area contributed by atoms with Crippen LogP contribution in [0.1, 0.15) is 44.5 Å². The fourth-order valence-corrected chi connectivity index (χ4v) is 10.9. The Labute approximate surface area is 357 Å². The van der Waals surface area contributed by atoms with E-state index in [0.29, 0.717) is 0 Å². The van der Waals surface area contributed by atoms with Gasteiger partial charge in [0.2, 0.25) is 0 Å². The molecule has 1 nitrogen and oxygen atoms in total. The summed E-state index contributed by atoms with van der Waals surface area (Å²) in [6.07, 6.45) is 0. The summed E-state index contributed by atoms with van der Waals surface area (Å²) in [6.45, 7) is 0. The van der Waals surface area contributed by atoms with Crippen molar-refractivity contribution in [2.24, 2.45) is 0 Å². The lowest BCUT2D eigenvalue weighted by atomic mass is 9.51. The lowest BCUT2D eigenvalue weighted by Gasteiger charge is -2.49. The predicted molar refractivity (Wildman–Crippen MR) is 253 cm³/mol. The Hall–Kier alpha value is -7.74. The maximum Gasteiger partial charge on any atom is 0.0720 e. The molecule has 2 unspecified atom stereocenters. The summed E-state index contributed by atoms with van der Waals surface area (Å²) >= 11 is 0. The van der Waals surface area contributed by atoms with Crippen LogP contribution in [0.25, 0.3) is 33.0 Å². The average Bonchev–Trinajstić information content (AvgIpc) is 3.65. The van der Waals surface area contributed by atoms with Gasteiger partial charge in [-0.2, -0.15) is 0 Å². The van der Waals surface area contributed by atoms with Crippen molar-refractivity contribution in [3.63, 3.8) is 0 Å². The zero-order chi connectivity index (χ0) is 40.4. The molecule has 10 aromatic rings. The van der Waals surface area contributed by atoms with Crippen LogP contribution >= 0.6 is 0 Å². The van der Waals surface area contributed by atoms with E-state index in [4.69, 9.17) is 0 Å². The summed E-state index contributed by atoms with van der Waals surface area (Å²) < 4.78 is 0. The highest BCUT2D eigenvalue weighted by Gasteiger charge is 2.57. The number of nitrogens with zero attached hydrogens (tertiary/aromatic N) is 1. The highest BCUT2D eigenvalue weighted by atomic mass is 15.1. The molecule has 12 rings (SSSR count). The van der Waals surface area contributed by atoms with Gasteiger partial charge in [0.1, 0.15) is 0 Å². The Bertz CT molecular complexity index is 3240. The number of hydrogen-bond donors (Lipinski definition) is 0. The summed E-state index contributed by atoms with van der Waals surface area (Å²) in [5.41, 5.74) is 17.6. The van der Waals surface area contributed by atoms with Crippen LogP contribution in [0, 0.1) is 0 Å². The molecular weight excluding hydrogens is 735 g/mol. The van der Waals surface area contributed by atoms with Crippen molar-refractivity contribution in [2.45, 2.75) is 10.8 Å². The second kappa shape index (κ2) is 13.9. The van der Waals surface area contributed by atoms with Gasteiger partial charge in [-0.05, 0) is 114 Å². The second-order valence-corrected chi connectivity index (χ2v) is 16.4. The lowest BCUT2D eigenvalue weighted by molar-refractivity contribution is 0.627. The van der Waals surface area contributed by atoms with Crippen molar-refractivity contribution >= 4 is 27.8 Å². The molecule has 0 saturated heterocycles. The van der Waals surface area contributed by atoms with Crippen LogP contribution in [0.15, 0.2) is 249 Å². The first-order valence-electron chi connectivity index (χ1n) is 21.3. The van der Waals surface area contributed by atoms with E-state index in [9.17, 15) is 0 Å². The third-order valence-corrected chi connectivity index (χ3v) is 13.4. The minimum Gasteiger partial charge on any atom is -0.310 e. The van der Waals surface area contributed by atoms with Crippen LogP contribution in [-0.2, 0) is 10.8 Å². The van der Waals surface area contributed by atoms with Crippen molar-refractivity contribution in [2.75, 3.05) is 4.90 Å². The molecule has 286 valence electrons. The van der Waals surface area contributed by atoms with E-state index in [-0.39, 0.29) is 0 Å². The van der Waals surface area contributed by atoms with Gasteiger partial charge in [0, 0.05) is 17.1 Å². The lowest BCUT2D eigenvalue weighted by Crippen LogP contribution is -2.44. The van der Waals surface area contributed by atoms with Crippen LogP contribution < -0.4 is 4.90 Å². The van der Waals surface area contributed by atoms with Gasteiger partial charge < -0.3 is 4.90 Å². The summed E-state index contributed by atoms with van der Waals surface area (Å²) in [7, 11) is 0. The van der Waals surface area contributed by atoms with E-state index < -0.39 is 10.8 Å². The van der Waals surface area contributed by atoms with E-state index >= 15 is 0 Å². The van der Waals surface area contributed by atoms with Gasteiger partial charge in [-0.1, -0.05) is 212 Å². The van der Waals surface area contributed by atoms with Crippen molar-refractivity contribution in [3.8, 4) is 22.3 Å². The largest absolute Gasteiger partial charge is 0.310 e. The Kier molecular flexibility index (Phi) is 8.05. The highest BCUT2D eigenvalue weighted by Crippen LogP contribution is 2.65. The quantitative estimate of drug-likeness (QED) is 0.156. The smallest absolute Gasteiger partial charge is 0.0720 e. The minimum absolute atomic E-state index is 0.492. The molecule has 0 heterocycles. The van der Waals surface area contributed by atoms with E-state index in [0.717, 1.165) is 17.1 Å². The average molecular weight is 776 g/mol. The van der Waals surface area contributed by atoms with Crippen molar-refractivity contribution in [1.29, 1.82) is 0 Å². The van der Waals surface area contributed by atoms with Crippen molar-refractivity contribution < 1.29 is 0 Å². The Morgan fingerprint density at radius 1 is 0.262 bits per heavy atom. The first-order chi connectivity index (χ1) is 30.3. The molecule has 0 radical (unpaired) electrons. The van der Waals surface area contributed by atoms with E-state index in [1.807, 2.05) is 0 Å². The fourth-order valence-electron chi connectivity index (χ4n) is 10.9. The number of benzene rings is 10. The molecule has 2 aliphatic carbocycles. The van der Waals surface area contributed by atoms with Crippen LogP contribution in [0.4, 0.5) is 17.1 Å². The second-order valence-electron chi connectivity index (χ2n) is 16.4. The van der Waals surface area contributed by atoms with Crippen LogP contribution in [-0.4, -0.2) is 0 Å². The van der Waals surface area contributed by atoms with Gasteiger partial charge in [-0.3, -0.25) is 0 Å². The van der Waals surface area contributed by atoms with Gasteiger partial charge in [0.05, 0.1) is 10.8 Å². The maximum absolute atomic E-state index is 2.46. The van der Waals surface area contributed by atoms with Gasteiger partial charge in [0.25, 0.3) is 0 Å². The van der Waals surface area contributed by atoms with Gasteiger partial charge in [-0.15, -0.1) is 0 Å². The molecule has 10 aromatic carbocycles. The maximum atomic E-state index is 2.46. The molecule has 1 heteroatoms. The topological polar surface area (TPSA) is 3.24 Å². The molecule has 0 saturated carbocycles. The molecule has 0 aliphatic heterocycles. The predicted octanol–water partition coefficient (Wildman–Crippen LogP) is 15.0. The normalized spacial score (nSPS) is 17.0. The van der Waals surface area contributed by atoms with Gasteiger partial charge in [0.15, 0.2) is 0 Å². The van der Waals surface area contributed by atoms with Crippen molar-refractivity contribution in [3.05, 3.63) is 293 Å².